The summed E-state index contributed by atoms with van der Waals surface area (Å²) < 4.78 is 7.30. The molecule has 2 N–H and O–H groups in total. The number of hydrogen-bond acceptors (Lipinski definition) is 5. The van der Waals surface area contributed by atoms with E-state index < -0.39 is 5.60 Å². The number of amides is 1. The molecule has 2 aromatic heterocycles. The number of ether oxygens (including phenoxy) is 1. The summed E-state index contributed by atoms with van der Waals surface area (Å²) in [5.41, 5.74) is 2.69. The maximum atomic E-state index is 12.1. The molecular weight excluding hydrogens is 366 g/mol. The molecule has 2 heterocycles. The van der Waals surface area contributed by atoms with Crippen LogP contribution >= 0.6 is 0 Å². The van der Waals surface area contributed by atoms with Gasteiger partial charge >= 0.3 is 6.09 Å². The minimum Gasteiger partial charge on any atom is -0.444 e. The van der Waals surface area contributed by atoms with Gasteiger partial charge in [0.1, 0.15) is 11.4 Å². The summed E-state index contributed by atoms with van der Waals surface area (Å²) in [5, 5.41) is 11.2. The predicted molar refractivity (Wildman–Crippen MR) is 113 cm³/mol. The molecule has 4 rings (SSSR count). The van der Waals surface area contributed by atoms with Crippen LogP contribution < -0.4 is 10.6 Å². The highest BCUT2D eigenvalue weighted by atomic mass is 16.6. The lowest BCUT2D eigenvalue weighted by Gasteiger charge is -2.22. The molecule has 0 saturated heterocycles. The van der Waals surface area contributed by atoms with Crippen molar-refractivity contribution in [3.8, 4) is 0 Å². The summed E-state index contributed by atoms with van der Waals surface area (Å²) in [6.07, 6.45) is 6.95. The van der Waals surface area contributed by atoms with Gasteiger partial charge in [0.15, 0.2) is 5.65 Å². The van der Waals surface area contributed by atoms with Gasteiger partial charge in [-0.3, -0.25) is 0 Å². The second-order valence-corrected chi connectivity index (χ2v) is 9.75. The molecule has 0 aliphatic heterocycles. The van der Waals surface area contributed by atoms with Gasteiger partial charge < -0.3 is 15.4 Å². The number of aryl methyl sites for hydroxylation is 1. The second kappa shape index (κ2) is 7.50. The molecule has 2 fully saturated rings. The third-order valence-corrected chi connectivity index (χ3v) is 5.97. The van der Waals surface area contributed by atoms with Crippen molar-refractivity contribution in [1.29, 1.82) is 0 Å². The first-order valence-electron chi connectivity index (χ1n) is 10.8. The fourth-order valence-corrected chi connectivity index (χ4v) is 4.19. The Bertz CT molecular complexity index is 896. The number of anilines is 1. The normalized spacial score (nSPS) is 23.2. The number of alkyl carbamates (subject to hydrolysis) is 1. The first-order valence-corrected chi connectivity index (χ1v) is 10.8. The molecule has 0 bridgehead atoms. The average Bonchev–Trinajstić information content (AvgIpc) is 3.29. The van der Waals surface area contributed by atoms with Crippen LogP contribution in [0.4, 0.5) is 10.6 Å². The lowest BCUT2D eigenvalue weighted by Crippen LogP contribution is -2.38. The lowest BCUT2D eigenvalue weighted by molar-refractivity contribution is 0.0505. The molecule has 1 amide bonds. The Kier molecular flexibility index (Phi) is 5.17. The number of carbonyl (C=O) groups excluding carboxylic acids is 1. The quantitative estimate of drug-likeness (QED) is 0.778. The van der Waals surface area contributed by atoms with E-state index in [0.29, 0.717) is 5.92 Å². The van der Waals surface area contributed by atoms with Gasteiger partial charge in [-0.15, -0.1) is 0 Å². The molecule has 29 heavy (non-hydrogen) atoms. The van der Waals surface area contributed by atoms with E-state index in [1.807, 2.05) is 31.5 Å². The molecular formula is C22H33N5O2. The van der Waals surface area contributed by atoms with Gasteiger partial charge in [0.2, 0.25) is 0 Å². The predicted octanol–water partition coefficient (Wildman–Crippen LogP) is 4.41. The first-order chi connectivity index (χ1) is 13.7. The van der Waals surface area contributed by atoms with Crippen molar-refractivity contribution in [2.24, 2.45) is 5.92 Å². The Balaban J connectivity index is 1.46. The highest BCUT2D eigenvalue weighted by Gasteiger charge is 2.32. The molecule has 158 valence electrons. The van der Waals surface area contributed by atoms with Crippen molar-refractivity contribution in [2.45, 2.75) is 90.3 Å². The van der Waals surface area contributed by atoms with E-state index in [9.17, 15) is 4.79 Å². The highest BCUT2D eigenvalue weighted by molar-refractivity contribution is 5.68. The highest BCUT2D eigenvalue weighted by Crippen LogP contribution is 2.42. The Morgan fingerprint density at radius 3 is 2.66 bits per heavy atom. The topological polar surface area (TPSA) is 80.5 Å². The van der Waals surface area contributed by atoms with Crippen LogP contribution in [0.2, 0.25) is 0 Å². The zero-order valence-corrected chi connectivity index (χ0v) is 18.2. The van der Waals surface area contributed by atoms with Gasteiger partial charge in [-0.2, -0.15) is 9.61 Å². The maximum Gasteiger partial charge on any atom is 0.407 e. The summed E-state index contributed by atoms with van der Waals surface area (Å²) in [7, 11) is 0. The number of hydrogen-bond donors (Lipinski definition) is 2. The largest absolute Gasteiger partial charge is 0.444 e. The minimum absolute atomic E-state index is 0.129. The fraction of sp³-hybridized carbons (Fsp3) is 0.682. The van der Waals surface area contributed by atoms with Crippen LogP contribution in [-0.4, -0.2) is 38.4 Å². The summed E-state index contributed by atoms with van der Waals surface area (Å²) in [4.78, 5) is 17.0. The number of fused-ring (bicyclic) bond motifs is 1. The van der Waals surface area contributed by atoms with E-state index in [0.717, 1.165) is 47.9 Å². The van der Waals surface area contributed by atoms with Gasteiger partial charge in [-0.05, 0) is 65.7 Å². The SMILES string of the molecule is Cc1cnn2c(N[C@H]3CC[C@H](NC(=O)OC(C)(C)C)C3)cc([C@@H](C)C3CC3)nc12. The molecule has 2 aliphatic rings. The third-order valence-electron chi connectivity index (χ3n) is 5.97. The van der Waals surface area contributed by atoms with Crippen molar-refractivity contribution in [2.75, 3.05) is 5.32 Å². The van der Waals surface area contributed by atoms with Gasteiger partial charge in [0.05, 0.1) is 6.20 Å². The summed E-state index contributed by atoms with van der Waals surface area (Å²) >= 11 is 0. The average molecular weight is 400 g/mol. The third kappa shape index (κ3) is 4.65. The van der Waals surface area contributed by atoms with Gasteiger partial charge in [-0.25, -0.2) is 9.78 Å². The molecule has 7 heteroatoms. The Morgan fingerprint density at radius 1 is 1.24 bits per heavy atom. The Hall–Kier alpha value is -2.31. The van der Waals surface area contributed by atoms with Crippen molar-refractivity contribution in [3.63, 3.8) is 0 Å². The maximum absolute atomic E-state index is 12.1. The van der Waals surface area contributed by atoms with Crippen molar-refractivity contribution in [1.82, 2.24) is 19.9 Å². The molecule has 0 aromatic carbocycles. The van der Waals surface area contributed by atoms with E-state index >= 15 is 0 Å². The van der Waals surface area contributed by atoms with E-state index in [-0.39, 0.29) is 18.2 Å². The molecule has 0 unspecified atom stereocenters. The second-order valence-electron chi connectivity index (χ2n) is 9.75. The van der Waals surface area contributed by atoms with E-state index in [1.54, 1.807) is 0 Å². The molecule has 0 spiro atoms. The zero-order chi connectivity index (χ0) is 20.8. The van der Waals surface area contributed by atoms with Gasteiger partial charge in [-0.1, -0.05) is 6.92 Å². The number of nitrogens with one attached hydrogen (secondary N) is 2. The van der Waals surface area contributed by atoms with Crippen LogP contribution in [0.3, 0.4) is 0 Å². The van der Waals surface area contributed by atoms with Gasteiger partial charge in [0.25, 0.3) is 0 Å². The number of nitrogens with zero attached hydrogens (tertiary/aromatic N) is 3. The molecule has 2 aromatic rings. The summed E-state index contributed by atoms with van der Waals surface area (Å²) in [6.45, 7) is 9.98. The van der Waals surface area contributed by atoms with Crippen LogP contribution in [-0.2, 0) is 4.74 Å². The fourth-order valence-electron chi connectivity index (χ4n) is 4.19. The minimum atomic E-state index is -0.477. The number of aromatic nitrogens is 3. The summed E-state index contributed by atoms with van der Waals surface area (Å²) in [6, 6.07) is 2.58. The number of carbonyl (C=O) groups is 1. The first kappa shape index (κ1) is 20.0. The van der Waals surface area contributed by atoms with E-state index in [4.69, 9.17) is 9.72 Å². The molecule has 2 aliphatic carbocycles. The Labute approximate surface area is 172 Å². The molecule has 0 radical (unpaired) electrons. The van der Waals surface area contributed by atoms with Crippen LogP contribution in [0.5, 0.6) is 0 Å². The zero-order valence-electron chi connectivity index (χ0n) is 18.2. The van der Waals surface area contributed by atoms with Crippen LogP contribution in [0.15, 0.2) is 12.3 Å². The van der Waals surface area contributed by atoms with Crippen molar-refractivity contribution >= 4 is 17.6 Å². The number of rotatable bonds is 5. The summed E-state index contributed by atoms with van der Waals surface area (Å²) in [5.74, 6) is 2.23. The van der Waals surface area contributed by atoms with Crippen LogP contribution in [0.1, 0.15) is 77.0 Å². The molecule has 3 atom stereocenters. The molecule has 2 saturated carbocycles. The Morgan fingerprint density at radius 2 is 1.97 bits per heavy atom. The van der Waals surface area contributed by atoms with Crippen LogP contribution in [0.25, 0.3) is 5.65 Å². The van der Waals surface area contributed by atoms with Crippen LogP contribution in [0, 0.1) is 12.8 Å². The van der Waals surface area contributed by atoms with E-state index in [1.165, 1.54) is 12.8 Å². The molecule has 7 nitrogen and oxygen atoms in total. The monoisotopic (exact) mass is 399 g/mol. The van der Waals surface area contributed by atoms with Crippen molar-refractivity contribution in [3.05, 3.63) is 23.5 Å². The standard InChI is InChI=1S/C22H33N5O2/c1-13-12-23-27-19(11-18(26-20(13)27)14(2)15-6-7-15)24-16-8-9-17(10-16)25-21(28)29-22(3,4)5/h11-12,14-17,24H,6-10H2,1-5H3,(H,25,28)/t14-,16-,17-/m0/s1. The van der Waals surface area contributed by atoms with Gasteiger partial charge in [0, 0.05) is 35.3 Å². The smallest absolute Gasteiger partial charge is 0.407 e. The van der Waals surface area contributed by atoms with E-state index in [2.05, 4.69) is 35.6 Å². The van der Waals surface area contributed by atoms with Crippen molar-refractivity contribution < 1.29 is 9.53 Å². The lowest BCUT2D eigenvalue weighted by atomic mass is 10.0.